The van der Waals surface area contributed by atoms with E-state index in [4.69, 9.17) is 5.11 Å². The third-order valence-corrected chi connectivity index (χ3v) is 2.98. The Morgan fingerprint density at radius 3 is 2.32 bits per heavy atom. The number of carboxylic acid groups (broad SMARTS) is 1. The first-order valence-electron chi connectivity index (χ1n) is 6.26. The van der Waals surface area contributed by atoms with Gasteiger partial charge in [-0.05, 0) is 41.8 Å². The summed E-state index contributed by atoms with van der Waals surface area (Å²) < 4.78 is 0. The van der Waals surface area contributed by atoms with Crippen molar-refractivity contribution < 1.29 is 9.90 Å². The summed E-state index contributed by atoms with van der Waals surface area (Å²) in [5, 5.41) is 12.1. The molecule has 0 spiro atoms. The summed E-state index contributed by atoms with van der Waals surface area (Å²) in [5.41, 5.74) is 3.29. The number of nitrogens with one attached hydrogen (secondary N) is 1. The van der Waals surface area contributed by atoms with Crippen LogP contribution in [0, 0.1) is 0 Å². The van der Waals surface area contributed by atoms with Gasteiger partial charge in [-0.25, -0.2) is 4.79 Å². The van der Waals surface area contributed by atoms with Crippen LogP contribution < -0.4 is 5.32 Å². The molecular formula is C16H17NO2. The molecule has 3 nitrogen and oxygen atoms in total. The van der Waals surface area contributed by atoms with Crippen LogP contribution in [-0.4, -0.2) is 11.1 Å². The van der Waals surface area contributed by atoms with E-state index in [0.717, 1.165) is 11.4 Å². The normalized spacial score (nSPS) is 10.5. The molecule has 2 N–H and O–H groups in total. The van der Waals surface area contributed by atoms with E-state index in [1.807, 2.05) is 18.2 Å². The first-order valence-corrected chi connectivity index (χ1v) is 6.26. The van der Waals surface area contributed by atoms with Crippen LogP contribution in [0.25, 0.3) is 0 Å². The van der Waals surface area contributed by atoms with Crippen LogP contribution in [-0.2, 0) is 0 Å². The van der Waals surface area contributed by atoms with Crippen LogP contribution in [0.2, 0.25) is 0 Å². The molecule has 0 aliphatic heterocycles. The third-order valence-electron chi connectivity index (χ3n) is 2.98. The number of hydrogen-bond donors (Lipinski definition) is 2. The lowest BCUT2D eigenvalue weighted by Gasteiger charge is -2.09. The minimum atomic E-state index is -0.918. The van der Waals surface area contributed by atoms with E-state index in [-0.39, 0.29) is 5.56 Å². The van der Waals surface area contributed by atoms with Crippen molar-refractivity contribution in [2.45, 2.75) is 19.8 Å². The number of rotatable bonds is 4. The fourth-order valence-corrected chi connectivity index (χ4v) is 1.85. The molecule has 98 valence electrons. The van der Waals surface area contributed by atoms with Crippen molar-refractivity contribution in [1.82, 2.24) is 0 Å². The first-order chi connectivity index (χ1) is 9.06. The summed E-state index contributed by atoms with van der Waals surface area (Å²) in [5.74, 6) is -0.414. The smallest absolute Gasteiger partial charge is 0.335 e. The fourth-order valence-electron chi connectivity index (χ4n) is 1.85. The highest BCUT2D eigenvalue weighted by molar-refractivity contribution is 5.89. The minimum absolute atomic E-state index is 0.281. The molecule has 3 heteroatoms. The zero-order valence-corrected chi connectivity index (χ0v) is 11.1. The second kappa shape index (κ2) is 5.57. The van der Waals surface area contributed by atoms with Crippen molar-refractivity contribution in [3.63, 3.8) is 0 Å². The van der Waals surface area contributed by atoms with Crippen molar-refractivity contribution in [3.05, 3.63) is 59.7 Å². The lowest BCUT2D eigenvalue weighted by molar-refractivity contribution is 0.0697. The highest BCUT2D eigenvalue weighted by Gasteiger charge is 2.03. The molecule has 0 heterocycles. The van der Waals surface area contributed by atoms with Crippen molar-refractivity contribution >= 4 is 17.3 Å². The van der Waals surface area contributed by atoms with Crippen LogP contribution in [0.5, 0.6) is 0 Å². The van der Waals surface area contributed by atoms with Crippen molar-refractivity contribution in [2.75, 3.05) is 5.32 Å². The molecule has 2 rings (SSSR count). The predicted octanol–water partition coefficient (Wildman–Crippen LogP) is 4.25. The van der Waals surface area contributed by atoms with Crippen LogP contribution in [0.1, 0.15) is 35.7 Å². The summed E-state index contributed by atoms with van der Waals surface area (Å²) in [6.45, 7) is 4.30. The van der Waals surface area contributed by atoms with E-state index >= 15 is 0 Å². The number of hydrogen-bond acceptors (Lipinski definition) is 2. The molecule has 0 aromatic heterocycles. The van der Waals surface area contributed by atoms with Crippen LogP contribution in [0.4, 0.5) is 11.4 Å². The molecule has 19 heavy (non-hydrogen) atoms. The van der Waals surface area contributed by atoms with Crippen LogP contribution in [0.3, 0.4) is 0 Å². The van der Waals surface area contributed by atoms with E-state index in [0.29, 0.717) is 5.92 Å². The van der Waals surface area contributed by atoms with E-state index in [1.165, 1.54) is 5.56 Å². The largest absolute Gasteiger partial charge is 0.478 e. The Morgan fingerprint density at radius 2 is 1.74 bits per heavy atom. The van der Waals surface area contributed by atoms with Gasteiger partial charge >= 0.3 is 5.97 Å². The molecule has 2 aromatic carbocycles. The fraction of sp³-hybridized carbons (Fsp3) is 0.188. The van der Waals surface area contributed by atoms with Gasteiger partial charge in [-0.15, -0.1) is 0 Å². The number of carbonyl (C=O) groups is 1. The molecule has 0 aliphatic rings. The molecule has 2 aromatic rings. The van der Waals surface area contributed by atoms with Gasteiger partial charge in [-0.3, -0.25) is 0 Å². The molecule has 0 radical (unpaired) electrons. The topological polar surface area (TPSA) is 49.3 Å². The van der Waals surface area contributed by atoms with E-state index < -0.39 is 5.97 Å². The Hall–Kier alpha value is -2.29. The standard InChI is InChI=1S/C16H17NO2/c1-11(2)12-6-8-14(9-7-12)17-15-5-3-4-13(10-15)16(18)19/h3-11,17H,1-2H3,(H,18,19). The first kappa shape index (κ1) is 13.1. The van der Waals surface area contributed by atoms with Gasteiger partial charge in [0.2, 0.25) is 0 Å². The number of carboxylic acids is 1. The zero-order valence-electron chi connectivity index (χ0n) is 11.1. The predicted molar refractivity (Wildman–Crippen MR) is 77.2 cm³/mol. The highest BCUT2D eigenvalue weighted by Crippen LogP contribution is 2.21. The maximum Gasteiger partial charge on any atom is 0.335 e. The van der Waals surface area contributed by atoms with Gasteiger partial charge < -0.3 is 10.4 Å². The van der Waals surface area contributed by atoms with Gasteiger partial charge in [0.05, 0.1) is 5.56 Å². The summed E-state index contributed by atoms with van der Waals surface area (Å²) in [7, 11) is 0. The average Bonchev–Trinajstić information content (AvgIpc) is 2.39. The van der Waals surface area contributed by atoms with Crippen molar-refractivity contribution in [3.8, 4) is 0 Å². The van der Waals surface area contributed by atoms with Gasteiger partial charge in [-0.1, -0.05) is 32.0 Å². The van der Waals surface area contributed by atoms with Gasteiger partial charge in [0.25, 0.3) is 0 Å². The van der Waals surface area contributed by atoms with Gasteiger partial charge in [0, 0.05) is 11.4 Å². The molecule has 0 unspecified atom stereocenters. The Kier molecular flexibility index (Phi) is 3.85. The molecule has 0 saturated heterocycles. The monoisotopic (exact) mass is 255 g/mol. The molecule has 0 saturated carbocycles. The zero-order chi connectivity index (χ0) is 13.8. The van der Waals surface area contributed by atoms with Crippen molar-refractivity contribution in [1.29, 1.82) is 0 Å². The number of anilines is 2. The Morgan fingerprint density at radius 1 is 1.05 bits per heavy atom. The van der Waals surface area contributed by atoms with Gasteiger partial charge in [-0.2, -0.15) is 0 Å². The lowest BCUT2D eigenvalue weighted by Crippen LogP contribution is -1.98. The molecule has 0 amide bonds. The average molecular weight is 255 g/mol. The third kappa shape index (κ3) is 3.35. The SMILES string of the molecule is CC(C)c1ccc(Nc2cccc(C(=O)O)c2)cc1. The van der Waals surface area contributed by atoms with Gasteiger partial charge in [0.15, 0.2) is 0 Å². The van der Waals surface area contributed by atoms with E-state index in [2.05, 4.69) is 31.3 Å². The van der Waals surface area contributed by atoms with Crippen LogP contribution in [0.15, 0.2) is 48.5 Å². The molecule has 0 atom stereocenters. The summed E-state index contributed by atoms with van der Waals surface area (Å²) >= 11 is 0. The molecular weight excluding hydrogens is 238 g/mol. The Bertz CT molecular complexity index is 574. The number of benzene rings is 2. The van der Waals surface area contributed by atoms with Crippen LogP contribution >= 0.6 is 0 Å². The van der Waals surface area contributed by atoms with E-state index in [1.54, 1.807) is 18.2 Å². The summed E-state index contributed by atoms with van der Waals surface area (Å²) in [6, 6.07) is 14.9. The van der Waals surface area contributed by atoms with E-state index in [9.17, 15) is 4.79 Å². The second-order valence-electron chi connectivity index (χ2n) is 4.79. The quantitative estimate of drug-likeness (QED) is 0.858. The summed E-state index contributed by atoms with van der Waals surface area (Å²) in [4.78, 5) is 10.9. The molecule has 0 bridgehead atoms. The maximum absolute atomic E-state index is 10.9. The minimum Gasteiger partial charge on any atom is -0.478 e. The summed E-state index contributed by atoms with van der Waals surface area (Å²) in [6.07, 6.45) is 0. The Balaban J connectivity index is 2.16. The maximum atomic E-state index is 10.9. The number of aromatic carboxylic acids is 1. The Labute approximate surface area is 112 Å². The molecule has 0 fully saturated rings. The lowest BCUT2D eigenvalue weighted by atomic mass is 10.0. The second-order valence-corrected chi connectivity index (χ2v) is 4.79. The molecule has 0 aliphatic carbocycles. The van der Waals surface area contributed by atoms with Gasteiger partial charge in [0.1, 0.15) is 0 Å². The highest BCUT2D eigenvalue weighted by atomic mass is 16.4. The van der Waals surface area contributed by atoms with Crippen molar-refractivity contribution in [2.24, 2.45) is 0 Å².